The zero-order chi connectivity index (χ0) is 14.7. The lowest BCUT2D eigenvalue weighted by Gasteiger charge is -2.36. The second kappa shape index (κ2) is 6.40. The molecular formula is C17H25NO2. The zero-order valence-electron chi connectivity index (χ0n) is 12.8. The van der Waals surface area contributed by atoms with Crippen molar-refractivity contribution in [2.24, 2.45) is 0 Å². The third-order valence-corrected chi connectivity index (χ3v) is 4.24. The third-order valence-electron chi connectivity index (χ3n) is 4.24. The highest BCUT2D eigenvalue weighted by Crippen LogP contribution is 2.25. The van der Waals surface area contributed by atoms with E-state index in [9.17, 15) is 9.90 Å². The SMILES string of the molecule is Cc1cc(C)c(C(=O)N2CCCCC2CCO)c(C)c1. The van der Waals surface area contributed by atoms with Crippen LogP contribution < -0.4 is 0 Å². The largest absolute Gasteiger partial charge is 0.396 e. The van der Waals surface area contributed by atoms with Crippen LogP contribution in [0.15, 0.2) is 12.1 Å². The average molecular weight is 275 g/mol. The van der Waals surface area contributed by atoms with Crippen LogP contribution >= 0.6 is 0 Å². The van der Waals surface area contributed by atoms with Crippen LogP contribution in [-0.2, 0) is 0 Å². The molecule has 1 N–H and O–H groups in total. The lowest BCUT2D eigenvalue weighted by atomic mass is 9.94. The van der Waals surface area contributed by atoms with Crippen LogP contribution in [0, 0.1) is 20.8 Å². The lowest BCUT2D eigenvalue weighted by Crippen LogP contribution is -2.44. The summed E-state index contributed by atoms with van der Waals surface area (Å²) in [5, 5.41) is 9.20. The number of aryl methyl sites for hydroxylation is 3. The van der Waals surface area contributed by atoms with Crippen LogP contribution in [0.25, 0.3) is 0 Å². The molecule has 1 aromatic carbocycles. The smallest absolute Gasteiger partial charge is 0.254 e. The van der Waals surface area contributed by atoms with Crippen molar-refractivity contribution in [2.75, 3.05) is 13.2 Å². The summed E-state index contributed by atoms with van der Waals surface area (Å²) in [6.45, 7) is 7.05. The number of aliphatic hydroxyl groups is 1. The third kappa shape index (κ3) is 3.04. The molecule has 1 amide bonds. The number of aliphatic hydroxyl groups excluding tert-OH is 1. The van der Waals surface area contributed by atoms with E-state index < -0.39 is 0 Å². The Labute approximate surface area is 121 Å². The molecule has 1 unspecified atom stereocenters. The quantitative estimate of drug-likeness (QED) is 0.921. The van der Waals surface area contributed by atoms with Crippen LogP contribution in [0.1, 0.15) is 52.7 Å². The fourth-order valence-electron chi connectivity index (χ4n) is 3.38. The topological polar surface area (TPSA) is 40.5 Å². The van der Waals surface area contributed by atoms with Gasteiger partial charge in [0.25, 0.3) is 5.91 Å². The lowest BCUT2D eigenvalue weighted by molar-refractivity contribution is 0.0573. The van der Waals surface area contributed by atoms with Crippen LogP contribution in [0.2, 0.25) is 0 Å². The fraction of sp³-hybridized carbons (Fsp3) is 0.588. The Morgan fingerprint density at radius 1 is 1.25 bits per heavy atom. The normalized spacial score (nSPS) is 19.2. The molecule has 3 nitrogen and oxygen atoms in total. The number of hydrogen-bond donors (Lipinski definition) is 1. The van der Waals surface area contributed by atoms with E-state index in [-0.39, 0.29) is 18.6 Å². The summed E-state index contributed by atoms with van der Waals surface area (Å²) in [5.41, 5.74) is 4.16. The second-order valence-corrected chi connectivity index (χ2v) is 5.93. The highest BCUT2D eigenvalue weighted by Gasteiger charge is 2.28. The standard InChI is InChI=1S/C17H25NO2/c1-12-10-13(2)16(14(3)11-12)17(20)18-8-5-4-6-15(18)7-9-19/h10-11,15,19H,4-9H2,1-3H3. The molecule has 0 aromatic heterocycles. The van der Waals surface area contributed by atoms with E-state index in [0.717, 1.165) is 42.5 Å². The van der Waals surface area contributed by atoms with Gasteiger partial charge in [0.05, 0.1) is 0 Å². The number of benzene rings is 1. The van der Waals surface area contributed by atoms with Crippen LogP contribution in [0.5, 0.6) is 0 Å². The van der Waals surface area contributed by atoms with Crippen molar-refractivity contribution in [3.8, 4) is 0 Å². The molecule has 1 saturated heterocycles. The Hall–Kier alpha value is -1.35. The number of likely N-dealkylation sites (tertiary alicyclic amines) is 1. The number of carbonyl (C=O) groups is 1. The predicted octanol–water partition coefficient (Wildman–Crippen LogP) is 2.99. The molecule has 0 bridgehead atoms. The Kier molecular flexibility index (Phi) is 4.81. The van der Waals surface area contributed by atoms with E-state index >= 15 is 0 Å². The molecule has 20 heavy (non-hydrogen) atoms. The molecule has 0 saturated carbocycles. The van der Waals surface area contributed by atoms with Crippen molar-refractivity contribution in [3.63, 3.8) is 0 Å². The number of hydrogen-bond acceptors (Lipinski definition) is 2. The summed E-state index contributed by atoms with van der Waals surface area (Å²) < 4.78 is 0. The first-order valence-corrected chi connectivity index (χ1v) is 7.54. The molecule has 0 radical (unpaired) electrons. The van der Waals surface area contributed by atoms with Crippen molar-refractivity contribution in [2.45, 2.75) is 52.5 Å². The molecule has 1 atom stereocenters. The van der Waals surface area contributed by atoms with Gasteiger partial charge in [0.1, 0.15) is 0 Å². The number of amides is 1. The molecule has 3 heteroatoms. The number of rotatable bonds is 3. The highest BCUT2D eigenvalue weighted by atomic mass is 16.3. The Bertz CT molecular complexity index is 471. The molecule has 2 rings (SSSR count). The van der Waals surface area contributed by atoms with E-state index in [1.165, 1.54) is 5.56 Å². The van der Waals surface area contributed by atoms with Crippen LogP contribution in [0.3, 0.4) is 0 Å². The minimum Gasteiger partial charge on any atom is -0.396 e. The minimum atomic E-state index is 0.137. The van der Waals surface area contributed by atoms with Crippen molar-refractivity contribution >= 4 is 5.91 Å². The first-order valence-electron chi connectivity index (χ1n) is 7.54. The van der Waals surface area contributed by atoms with E-state index in [2.05, 4.69) is 19.1 Å². The number of piperidine rings is 1. The summed E-state index contributed by atoms with van der Waals surface area (Å²) in [6.07, 6.45) is 3.92. The first kappa shape index (κ1) is 15.0. The average Bonchev–Trinajstić information content (AvgIpc) is 2.38. The van der Waals surface area contributed by atoms with Gasteiger partial charge < -0.3 is 10.0 Å². The Morgan fingerprint density at radius 2 is 1.90 bits per heavy atom. The Balaban J connectivity index is 2.30. The highest BCUT2D eigenvalue weighted by molar-refractivity contribution is 5.97. The Morgan fingerprint density at radius 3 is 2.50 bits per heavy atom. The summed E-state index contributed by atoms with van der Waals surface area (Å²) >= 11 is 0. The number of carbonyl (C=O) groups excluding carboxylic acids is 1. The fourth-order valence-corrected chi connectivity index (χ4v) is 3.38. The van der Waals surface area contributed by atoms with Gasteiger partial charge in [-0.2, -0.15) is 0 Å². The maximum Gasteiger partial charge on any atom is 0.254 e. The molecule has 1 heterocycles. The van der Waals surface area contributed by atoms with Gasteiger partial charge in [0.15, 0.2) is 0 Å². The van der Waals surface area contributed by atoms with Crippen molar-refractivity contribution in [3.05, 3.63) is 34.4 Å². The van der Waals surface area contributed by atoms with Gasteiger partial charge in [0, 0.05) is 24.8 Å². The van der Waals surface area contributed by atoms with Crippen molar-refractivity contribution in [1.82, 2.24) is 4.90 Å². The minimum absolute atomic E-state index is 0.137. The van der Waals surface area contributed by atoms with Gasteiger partial charge in [-0.3, -0.25) is 4.79 Å². The summed E-state index contributed by atoms with van der Waals surface area (Å²) in [4.78, 5) is 14.9. The number of nitrogens with zero attached hydrogens (tertiary/aromatic N) is 1. The molecule has 1 aliphatic heterocycles. The summed E-state index contributed by atoms with van der Waals surface area (Å²) in [5.74, 6) is 0.137. The van der Waals surface area contributed by atoms with Gasteiger partial charge in [-0.1, -0.05) is 17.7 Å². The molecule has 0 spiro atoms. The predicted molar refractivity (Wildman–Crippen MR) is 81.0 cm³/mol. The first-order chi connectivity index (χ1) is 9.54. The van der Waals surface area contributed by atoms with E-state index in [0.29, 0.717) is 6.42 Å². The van der Waals surface area contributed by atoms with Gasteiger partial charge in [-0.05, 0) is 57.6 Å². The monoisotopic (exact) mass is 275 g/mol. The summed E-state index contributed by atoms with van der Waals surface area (Å²) in [6, 6.07) is 4.34. The summed E-state index contributed by atoms with van der Waals surface area (Å²) in [7, 11) is 0. The van der Waals surface area contributed by atoms with Crippen LogP contribution in [0.4, 0.5) is 0 Å². The van der Waals surface area contributed by atoms with E-state index in [1.54, 1.807) is 0 Å². The van der Waals surface area contributed by atoms with Gasteiger partial charge in [-0.25, -0.2) is 0 Å². The molecule has 1 fully saturated rings. The zero-order valence-corrected chi connectivity index (χ0v) is 12.8. The van der Waals surface area contributed by atoms with Crippen molar-refractivity contribution < 1.29 is 9.90 Å². The van der Waals surface area contributed by atoms with Gasteiger partial charge in [-0.15, -0.1) is 0 Å². The molecule has 1 aliphatic rings. The van der Waals surface area contributed by atoms with E-state index in [4.69, 9.17) is 0 Å². The van der Waals surface area contributed by atoms with Gasteiger partial charge in [0.2, 0.25) is 0 Å². The van der Waals surface area contributed by atoms with Gasteiger partial charge >= 0.3 is 0 Å². The van der Waals surface area contributed by atoms with Crippen LogP contribution in [-0.4, -0.2) is 35.1 Å². The van der Waals surface area contributed by atoms with Crippen molar-refractivity contribution in [1.29, 1.82) is 0 Å². The molecule has 0 aliphatic carbocycles. The molecule has 1 aromatic rings. The second-order valence-electron chi connectivity index (χ2n) is 5.93. The molecule has 110 valence electrons. The maximum atomic E-state index is 12.9. The van der Waals surface area contributed by atoms with E-state index in [1.807, 2.05) is 18.7 Å². The maximum absolute atomic E-state index is 12.9. The molecular weight excluding hydrogens is 250 g/mol.